The number of esters is 1. The van der Waals surface area contributed by atoms with Crippen LogP contribution in [0.25, 0.3) is 0 Å². The summed E-state index contributed by atoms with van der Waals surface area (Å²) in [5.41, 5.74) is 1.08. The Morgan fingerprint density at radius 1 is 1.31 bits per heavy atom. The minimum Gasteiger partial charge on any atom is -0.466 e. The standard InChI is InChI=1S/C11H20N2O3/c1-4-9(3)8-13-11(15)12-7-6-10(14)16-5-2/h8H,4-7H2,1-3H3,(H2,12,13,15)/b9-8+. The molecule has 0 spiro atoms. The van der Waals surface area contributed by atoms with Gasteiger partial charge < -0.3 is 15.4 Å². The van der Waals surface area contributed by atoms with Gasteiger partial charge in [-0.05, 0) is 20.3 Å². The minimum absolute atomic E-state index is 0.192. The van der Waals surface area contributed by atoms with E-state index in [1.807, 2.05) is 13.8 Å². The predicted molar refractivity (Wildman–Crippen MR) is 61.8 cm³/mol. The number of amides is 2. The second-order valence-electron chi connectivity index (χ2n) is 3.30. The fourth-order valence-corrected chi connectivity index (χ4v) is 0.853. The molecule has 0 heterocycles. The van der Waals surface area contributed by atoms with Crippen molar-refractivity contribution in [3.05, 3.63) is 11.8 Å². The van der Waals surface area contributed by atoms with Gasteiger partial charge in [0, 0.05) is 12.7 Å². The monoisotopic (exact) mass is 228 g/mol. The topological polar surface area (TPSA) is 67.4 Å². The molecule has 2 amide bonds. The molecule has 0 radical (unpaired) electrons. The highest BCUT2D eigenvalue weighted by Gasteiger charge is 2.02. The second kappa shape index (κ2) is 8.76. The Bertz CT molecular complexity index is 262. The SMILES string of the molecule is CCOC(=O)CCNC(=O)N/C=C(\C)CC. The van der Waals surface area contributed by atoms with Crippen LogP contribution in [-0.2, 0) is 9.53 Å². The summed E-state index contributed by atoms with van der Waals surface area (Å²) in [7, 11) is 0. The molecule has 0 aliphatic heterocycles. The van der Waals surface area contributed by atoms with E-state index in [2.05, 4.69) is 10.6 Å². The van der Waals surface area contributed by atoms with Crippen molar-refractivity contribution in [2.45, 2.75) is 33.6 Å². The van der Waals surface area contributed by atoms with E-state index in [1.54, 1.807) is 13.1 Å². The molecular weight excluding hydrogens is 208 g/mol. The summed E-state index contributed by atoms with van der Waals surface area (Å²) in [4.78, 5) is 22.1. The van der Waals surface area contributed by atoms with Crippen LogP contribution in [0.1, 0.15) is 33.6 Å². The minimum atomic E-state index is -0.308. The molecule has 5 nitrogen and oxygen atoms in total. The molecular formula is C11H20N2O3. The van der Waals surface area contributed by atoms with Crippen LogP contribution in [0, 0.1) is 0 Å². The highest BCUT2D eigenvalue weighted by molar-refractivity contribution is 5.76. The number of carbonyl (C=O) groups is 2. The fourth-order valence-electron chi connectivity index (χ4n) is 0.853. The summed E-state index contributed by atoms with van der Waals surface area (Å²) in [5, 5.41) is 5.13. The van der Waals surface area contributed by atoms with Gasteiger partial charge in [-0.3, -0.25) is 4.79 Å². The van der Waals surface area contributed by atoms with E-state index in [1.165, 1.54) is 0 Å². The average molecular weight is 228 g/mol. The number of nitrogens with one attached hydrogen (secondary N) is 2. The number of hydrogen-bond donors (Lipinski definition) is 2. The molecule has 0 atom stereocenters. The maximum Gasteiger partial charge on any atom is 0.318 e. The summed E-state index contributed by atoms with van der Waals surface area (Å²) in [6, 6.07) is -0.308. The third-order valence-electron chi connectivity index (χ3n) is 1.93. The Hall–Kier alpha value is -1.52. The van der Waals surface area contributed by atoms with E-state index in [4.69, 9.17) is 4.74 Å². The molecule has 2 N–H and O–H groups in total. The first-order valence-corrected chi connectivity index (χ1v) is 5.45. The zero-order chi connectivity index (χ0) is 12.4. The molecule has 0 aromatic heterocycles. The Morgan fingerprint density at radius 3 is 2.56 bits per heavy atom. The number of urea groups is 1. The molecule has 0 aliphatic rings. The zero-order valence-corrected chi connectivity index (χ0v) is 10.1. The lowest BCUT2D eigenvalue weighted by Gasteiger charge is -2.05. The van der Waals surface area contributed by atoms with Gasteiger partial charge in [-0.15, -0.1) is 0 Å². The van der Waals surface area contributed by atoms with Crippen LogP contribution in [0.4, 0.5) is 4.79 Å². The van der Waals surface area contributed by atoms with Gasteiger partial charge in [-0.1, -0.05) is 12.5 Å². The lowest BCUT2D eigenvalue weighted by Crippen LogP contribution is -2.34. The van der Waals surface area contributed by atoms with Crippen molar-refractivity contribution >= 4 is 12.0 Å². The maximum absolute atomic E-state index is 11.2. The largest absolute Gasteiger partial charge is 0.466 e. The first-order valence-electron chi connectivity index (χ1n) is 5.45. The van der Waals surface area contributed by atoms with Crippen LogP contribution in [0.15, 0.2) is 11.8 Å². The van der Waals surface area contributed by atoms with Gasteiger partial charge in [-0.25, -0.2) is 4.79 Å². The molecule has 0 aromatic rings. The van der Waals surface area contributed by atoms with Gasteiger partial charge in [0.05, 0.1) is 13.0 Å². The van der Waals surface area contributed by atoms with Crippen molar-refractivity contribution in [3.63, 3.8) is 0 Å². The number of hydrogen-bond acceptors (Lipinski definition) is 3. The van der Waals surface area contributed by atoms with Crippen LogP contribution < -0.4 is 10.6 Å². The van der Waals surface area contributed by atoms with Crippen LogP contribution >= 0.6 is 0 Å². The van der Waals surface area contributed by atoms with Crippen LogP contribution in [-0.4, -0.2) is 25.2 Å². The molecule has 92 valence electrons. The van der Waals surface area contributed by atoms with E-state index >= 15 is 0 Å². The van der Waals surface area contributed by atoms with Gasteiger partial charge in [-0.2, -0.15) is 0 Å². The smallest absolute Gasteiger partial charge is 0.318 e. The van der Waals surface area contributed by atoms with Crippen LogP contribution in [0.2, 0.25) is 0 Å². The van der Waals surface area contributed by atoms with Crippen molar-refractivity contribution < 1.29 is 14.3 Å². The highest BCUT2D eigenvalue weighted by atomic mass is 16.5. The third-order valence-corrected chi connectivity index (χ3v) is 1.93. The number of ether oxygens (including phenoxy) is 1. The Balaban J connectivity index is 3.62. The third kappa shape index (κ3) is 7.84. The van der Waals surface area contributed by atoms with Crippen molar-refractivity contribution in [2.24, 2.45) is 0 Å². The van der Waals surface area contributed by atoms with E-state index in [0.717, 1.165) is 12.0 Å². The van der Waals surface area contributed by atoms with Gasteiger partial charge in [0.25, 0.3) is 0 Å². The first-order chi connectivity index (χ1) is 7.60. The van der Waals surface area contributed by atoms with Gasteiger partial charge in [0.15, 0.2) is 0 Å². The van der Waals surface area contributed by atoms with Gasteiger partial charge >= 0.3 is 12.0 Å². The number of rotatable bonds is 6. The van der Waals surface area contributed by atoms with Crippen LogP contribution in [0.3, 0.4) is 0 Å². The summed E-state index contributed by atoms with van der Waals surface area (Å²) in [6.07, 6.45) is 2.74. The van der Waals surface area contributed by atoms with Gasteiger partial charge in [0.2, 0.25) is 0 Å². The number of allylic oxidation sites excluding steroid dienone is 1. The quantitative estimate of drug-likeness (QED) is 0.678. The van der Waals surface area contributed by atoms with E-state index in [0.29, 0.717) is 6.61 Å². The predicted octanol–water partition coefficient (Wildman–Crippen LogP) is 1.55. The molecule has 0 fully saturated rings. The zero-order valence-electron chi connectivity index (χ0n) is 10.1. The molecule has 0 aromatic carbocycles. The Morgan fingerprint density at radius 2 is 2.00 bits per heavy atom. The molecule has 16 heavy (non-hydrogen) atoms. The average Bonchev–Trinajstić information content (AvgIpc) is 2.26. The van der Waals surface area contributed by atoms with E-state index in [-0.39, 0.29) is 25.0 Å². The Labute approximate surface area is 96.2 Å². The molecule has 0 rings (SSSR count). The molecule has 0 bridgehead atoms. The molecule has 5 heteroatoms. The van der Waals surface area contributed by atoms with Crippen molar-refractivity contribution in [1.29, 1.82) is 0 Å². The fraction of sp³-hybridized carbons (Fsp3) is 0.636. The lowest BCUT2D eigenvalue weighted by atomic mass is 10.3. The molecule has 0 saturated heterocycles. The summed E-state index contributed by atoms with van der Waals surface area (Å²) in [5.74, 6) is -0.303. The normalized spacial score (nSPS) is 10.8. The van der Waals surface area contributed by atoms with Crippen LogP contribution in [0.5, 0.6) is 0 Å². The van der Waals surface area contributed by atoms with E-state index in [9.17, 15) is 9.59 Å². The van der Waals surface area contributed by atoms with Gasteiger partial charge in [0.1, 0.15) is 0 Å². The summed E-state index contributed by atoms with van der Waals surface area (Å²) < 4.78 is 4.72. The summed E-state index contributed by atoms with van der Waals surface area (Å²) in [6.45, 7) is 6.33. The Kier molecular flexibility index (Phi) is 7.93. The highest BCUT2D eigenvalue weighted by Crippen LogP contribution is 1.94. The van der Waals surface area contributed by atoms with E-state index < -0.39 is 0 Å². The number of carbonyl (C=O) groups excluding carboxylic acids is 2. The first kappa shape index (κ1) is 14.5. The van der Waals surface area contributed by atoms with Crippen molar-refractivity contribution in [2.75, 3.05) is 13.2 Å². The van der Waals surface area contributed by atoms with Crippen molar-refractivity contribution in [1.82, 2.24) is 10.6 Å². The van der Waals surface area contributed by atoms with Crippen molar-refractivity contribution in [3.8, 4) is 0 Å². The summed E-state index contributed by atoms with van der Waals surface area (Å²) >= 11 is 0. The maximum atomic E-state index is 11.2. The molecule has 0 unspecified atom stereocenters. The lowest BCUT2D eigenvalue weighted by molar-refractivity contribution is -0.142. The molecule has 0 saturated carbocycles. The second-order valence-corrected chi connectivity index (χ2v) is 3.30. The molecule has 0 aliphatic carbocycles.